The van der Waals surface area contributed by atoms with Crippen LogP contribution in [0, 0.1) is 6.92 Å². The Morgan fingerprint density at radius 3 is 2.71 bits per heavy atom. The molecule has 0 aromatic carbocycles. The predicted molar refractivity (Wildman–Crippen MR) is 146 cm³/mol. The number of rotatable bonds is 8. The molecule has 1 fully saturated rings. The normalized spacial score (nSPS) is 17.9. The predicted octanol–water partition coefficient (Wildman–Crippen LogP) is 5.20. The van der Waals surface area contributed by atoms with E-state index in [1.165, 1.54) is 5.57 Å². The maximum atomic E-state index is 5.45. The van der Waals surface area contributed by atoms with Gasteiger partial charge in [-0.2, -0.15) is 4.98 Å². The van der Waals surface area contributed by atoms with E-state index in [9.17, 15) is 0 Å². The number of ether oxygens (including phenoxy) is 1. The highest BCUT2D eigenvalue weighted by Crippen LogP contribution is 2.20. The zero-order valence-corrected chi connectivity index (χ0v) is 21.2. The molecule has 2 heterocycles. The molecule has 0 radical (unpaired) electrons. The topological polar surface area (TPSA) is 74.3 Å². The standard InChI is InChI=1S/C26H32N6O.C2H6/c1-3-27-23-8-4-5-9-24(17-23)29-25-20(2)18-28-26(31-25)30-22-10-6-7-21(11-12-22)19-32-13-15-33-16-14-32;1-2/h3,5-9,11-12,17-18,27H,1,4,10,13-16,19H2,2H3,(H2,28,29,30,31);1-2H3. The van der Waals surface area contributed by atoms with Gasteiger partial charge in [0.2, 0.25) is 5.95 Å². The second-order valence-corrected chi connectivity index (χ2v) is 8.15. The van der Waals surface area contributed by atoms with Crippen molar-refractivity contribution in [1.82, 2.24) is 20.2 Å². The van der Waals surface area contributed by atoms with Gasteiger partial charge in [-0.25, -0.2) is 4.98 Å². The fraction of sp³-hybridized carbons (Fsp3) is 0.357. The third kappa shape index (κ3) is 8.38. The highest BCUT2D eigenvalue weighted by atomic mass is 16.5. The van der Waals surface area contributed by atoms with Gasteiger partial charge in [-0.05, 0) is 43.3 Å². The average Bonchev–Trinajstić information content (AvgIpc) is 3.24. The molecular weight excluding hydrogens is 436 g/mol. The molecule has 35 heavy (non-hydrogen) atoms. The number of nitrogens with zero attached hydrogens (tertiary/aromatic N) is 3. The van der Waals surface area contributed by atoms with Crippen LogP contribution in [0.4, 0.5) is 11.8 Å². The number of aromatic nitrogens is 2. The largest absolute Gasteiger partial charge is 0.379 e. The van der Waals surface area contributed by atoms with Gasteiger partial charge in [-0.1, -0.05) is 50.8 Å². The third-order valence-electron chi connectivity index (χ3n) is 5.54. The lowest BCUT2D eigenvalue weighted by molar-refractivity contribution is 0.0426. The van der Waals surface area contributed by atoms with Crippen molar-refractivity contribution < 1.29 is 4.74 Å². The molecule has 1 saturated heterocycles. The van der Waals surface area contributed by atoms with Gasteiger partial charge in [-0.15, -0.1) is 0 Å². The first kappa shape index (κ1) is 26.2. The summed E-state index contributed by atoms with van der Waals surface area (Å²) < 4.78 is 5.45. The van der Waals surface area contributed by atoms with E-state index >= 15 is 0 Å². The molecular formula is C28H38N6O. The van der Waals surface area contributed by atoms with Crippen LogP contribution in [-0.2, 0) is 4.74 Å². The minimum atomic E-state index is 0.575. The van der Waals surface area contributed by atoms with E-state index in [1.807, 2.05) is 33.0 Å². The maximum absolute atomic E-state index is 5.45. The molecule has 1 aromatic heterocycles. The number of anilines is 2. The number of nitrogens with one attached hydrogen (secondary N) is 3. The van der Waals surface area contributed by atoms with Crippen molar-refractivity contribution in [1.29, 1.82) is 0 Å². The van der Waals surface area contributed by atoms with E-state index in [0.29, 0.717) is 5.95 Å². The summed E-state index contributed by atoms with van der Waals surface area (Å²) in [5.74, 6) is 1.35. The van der Waals surface area contributed by atoms with E-state index in [4.69, 9.17) is 9.72 Å². The van der Waals surface area contributed by atoms with Gasteiger partial charge in [0, 0.05) is 54.9 Å². The third-order valence-corrected chi connectivity index (χ3v) is 5.54. The zero-order valence-electron chi connectivity index (χ0n) is 21.2. The summed E-state index contributed by atoms with van der Waals surface area (Å²) in [6, 6.07) is 0. The van der Waals surface area contributed by atoms with E-state index in [-0.39, 0.29) is 0 Å². The summed E-state index contributed by atoms with van der Waals surface area (Å²) >= 11 is 0. The van der Waals surface area contributed by atoms with Gasteiger partial charge in [0.25, 0.3) is 0 Å². The molecule has 7 heteroatoms. The Balaban J connectivity index is 0.00000167. The molecule has 2 aliphatic carbocycles. The van der Waals surface area contributed by atoms with Gasteiger partial charge < -0.3 is 20.7 Å². The van der Waals surface area contributed by atoms with Gasteiger partial charge >= 0.3 is 0 Å². The SMILES string of the molecule is C=CNC1=CCC=CC(Nc2nc(NC3=CC=C(CN4CCOCC4)C=CC3)ncc2C)=C1.CC. The average molecular weight is 475 g/mol. The van der Waals surface area contributed by atoms with Gasteiger partial charge in [0.15, 0.2) is 0 Å². The summed E-state index contributed by atoms with van der Waals surface area (Å²) in [6.45, 7) is 14.3. The zero-order chi connectivity index (χ0) is 24.9. The minimum Gasteiger partial charge on any atom is -0.379 e. The van der Waals surface area contributed by atoms with Crippen LogP contribution in [0.2, 0.25) is 0 Å². The van der Waals surface area contributed by atoms with Crippen LogP contribution in [0.5, 0.6) is 0 Å². The molecule has 4 rings (SSSR count). The first-order valence-electron chi connectivity index (χ1n) is 12.4. The van der Waals surface area contributed by atoms with E-state index < -0.39 is 0 Å². The molecule has 186 valence electrons. The summed E-state index contributed by atoms with van der Waals surface area (Å²) in [4.78, 5) is 11.6. The second-order valence-electron chi connectivity index (χ2n) is 8.15. The van der Waals surface area contributed by atoms with Crippen LogP contribution in [-0.4, -0.2) is 47.7 Å². The van der Waals surface area contributed by atoms with Crippen LogP contribution in [0.15, 0.2) is 90.2 Å². The Bertz CT molecular complexity index is 1040. The van der Waals surface area contributed by atoms with Crippen LogP contribution < -0.4 is 16.0 Å². The molecule has 1 aromatic rings. The Hall–Kier alpha value is -3.42. The minimum absolute atomic E-state index is 0.575. The lowest BCUT2D eigenvalue weighted by atomic mass is 10.2. The fourth-order valence-electron chi connectivity index (χ4n) is 3.75. The molecule has 0 unspecified atom stereocenters. The number of allylic oxidation sites excluding steroid dienone is 7. The summed E-state index contributed by atoms with van der Waals surface area (Å²) in [5, 5.41) is 9.96. The van der Waals surface area contributed by atoms with Crippen molar-refractivity contribution in [3.8, 4) is 0 Å². The van der Waals surface area contributed by atoms with Crippen molar-refractivity contribution in [2.24, 2.45) is 0 Å². The van der Waals surface area contributed by atoms with Crippen molar-refractivity contribution in [3.63, 3.8) is 0 Å². The summed E-state index contributed by atoms with van der Waals surface area (Å²) in [7, 11) is 0. The Morgan fingerprint density at radius 2 is 1.91 bits per heavy atom. The smallest absolute Gasteiger partial charge is 0.228 e. The number of hydrogen-bond donors (Lipinski definition) is 3. The lowest BCUT2D eigenvalue weighted by Crippen LogP contribution is -2.37. The number of morpholine rings is 1. The summed E-state index contributed by atoms with van der Waals surface area (Å²) in [6.07, 6.45) is 22.2. The maximum Gasteiger partial charge on any atom is 0.228 e. The fourth-order valence-corrected chi connectivity index (χ4v) is 3.75. The molecule has 3 aliphatic rings. The van der Waals surface area contributed by atoms with E-state index in [2.05, 4.69) is 74.9 Å². The molecule has 0 saturated carbocycles. The quantitative estimate of drug-likeness (QED) is 0.478. The molecule has 0 bridgehead atoms. The van der Waals surface area contributed by atoms with Gasteiger partial charge in [0.1, 0.15) is 5.82 Å². The highest BCUT2D eigenvalue weighted by molar-refractivity contribution is 5.55. The number of aryl methyl sites for hydroxylation is 1. The molecule has 0 spiro atoms. The van der Waals surface area contributed by atoms with Crippen molar-refractivity contribution in [3.05, 3.63) is 95.8 Å². The molecule has 7 nitrogen and oxygen atoms in total. The van der Waals surface area contributed by atoms with Crippen molar-refractivity contribution >= 4 is 11.8 Å². The molecule has 3 N–H and O–H groups in total. The van der Waals surface area contributed by atoms with Gasteiger partial charge in [-0.3, -0.25) is 4.90 Å². The van der Waals surface area contributed by atoms with Crippen LogP contribution in [0.25, 0.3) is 0 Å². The highest BCUT2D eigenvalue weighted by Gasteiger charge is 2.12. The van der Waals surface area contributed by atoms with Gasteiger partial charge in [0.05, 0.1) is 13.2 Å². The van der Waals surface area contributed by atoms with Crippen molar-refractivity contribution in [2.75, 3.05) is 43.5 Å². The monoisotopic (exact) mass is 474 g/mol. The number of hydrogen-bond acceptors (Lipinski definition) is 7. The molecule has 1 aliphatic heterocycles. The molecule has 0 amide bonds. The van der Waals surface area contributed by atoms with Crippen LogP contribution in [0.3, 0.4) is 0 Å². The molecule has 0 atom stereocenters. The summed E-state index contributed by atoms with van der Waals surface area (Å²) in [5.41, 5.74) is 5.28. The van der Waals surface area contributed by atoms with E-state index in [1.54, 1.807) is 6.20 Å². The van der Waals surface area contributed by atoms with Crippen molar-refractivity contribution in [2.45, 2.75) is 33.6 Å². The Labute approximate surface area is 209 Å². The second kappa shape index (κ2) is 14.1. The lowest BCUT2D eigenvalue weighted by Gasteiger charge is -2.26. The Morgan fingerprint density at radius 1 is 1.09 bits per heavy atom. The Kier molecular flexibility index (Phi) is 10.5. The van der Waals surface area contributed by atoms with Crippen LogP contribution >= 0.6 is 0 Å². The first-order chi connectivity index (χ1) is 17.2. The first-order valence-corrected chi connectivity index (χ1v) is 12.4. The van der Waals surface area contributed by atoms with E-state index in [0.717, 1.165) is 74.2 Å². The van der Waals surface area contributed by atoms with Crippen LogP contribution in [0.1, 0.15) is 32.3 Å².